The molecule has 3 aliphatic rings. The monoisotopic (exact) mass is 650 g/mol. The Labute approximate surface area is 276 Å². The summed E-state index contributed by atoms with van der Waals surface area (Å²) in [6.45, 7) is 17.2. The first kappa shape index (κ1) is 35.6. The van der Waals surface area contributed by atoms with E-state index in [9.17, 15) is 24.0 Å². The molecule has 0 aromatic heterocycles. The van der Waals surface area contributed by atoms with Gasteiger partial charge < -0.3 is 23.7 Å². The van der Waals surface area contributed by atoms with Crippen molar-refractivity contribution in [3.8, 4) is 0 Å². The highest BCUT2D eigenvalue weighted by molar-refractivity contribution is 5.87. The van der Waals surface area contributed by atoms with Crippen LogP contribution in [0.5, 0.6) is 0 Å². The normalized spacial score (nSPS) is 31.5. The number of carbonyl (C=O) groups is 5. The highest BCUT2D eigenvalue weighted by Gasteiger charge is 2.64. The van der Waals surface area contributed by atoms with Crippen molar-refractivity contribution in [1.29, 1.82) is 0 Å². The van der Waals surface area contributed by atoms with Crippen LogP contribution in [0.2, 0.25) is 0 Å². The molecule has 0 aliphatic heterocycles. The summed E-state index contributed by atoms with van der Waals surface area (Å²) >= 11 is 0. The molecule has 0 heterocycles. The highest BCUT2D eigenvalue weighted by atomic mass is 16.6. The maximum absolute atomic E-state index is 13.2. The van der Waals surface area contributed by atoms with Crippen molar-refractivity contribution in [3.63, 3.8) is 0 Å². The Morgan fingerprint density at radius 3 is 1.98 bits per heavy atom. The van der Waals surface area contributed by atoms with E-state index in [2.05, 4.69) is 6.58 Å². The molecule has 0 saturated heterocycles. The fraction of sp³-hybridized carbons (Fsp3) is 0.541. The van der Waals surface area contributed by atoms with E-state index in [1.807, 2.05) is 58.0 Å². The lowest BCUT2D eigenvalue weighted by atomic mass is 9.49. The lowest BCUT2D eigenvalue weighted by Crippen LogP contribution is -2.64. The molecule has 0 unspecified atom stereocenters. The van der Waals surface area contributed by atoms with E-state index in [4.69, 9.17) is 23.7 Å². The number of ether oxygens (including phenoxy) is 5. The molecule has 1 aromatic rings. The Morgan fingerprint density at radius 1 is 0.809 bits per heavy atom. The molecule has 3 aliphatic carbocycles. The number of benzene rings is 1. The van der Waals surface area contributed by atoms with E-state index < -0.39 is 83.0 Å². The Kier molecular flexibility index (Phi) is 10.5. The minimum absolute atomic E-state index is 0.272. The summed E-state index contributed by atoms with van der Waals surface area (Å²) in [5.41, 5.74) is 0.796. The molecule has 10 heteroatoms. The van der Waals surface area contributed by atoms with Crippen LogP contribution >= 0.6 is 0 Å². The Bertz CT molecular complexity index is 1490. The van der Waals surface area contributed by atoms with Gasteiger partial charge in [0.15, 0.2) is 6.10 Å². The van der Waals surface area contributed by atoms with Crippen molar-refractivity contribution in [2.45, 2.75) is 105 Å². The smallest absolute Gasteiger partial charge is 0.331 e. The third-order valence-corrected chi connectivity index (χ3v) is 10.1. The average molecular weight is 651 g/mol. The van der Waals surface area contributed by atoms with Crippen molar-refractivity contribution >= 4 is 35.9 Å². The van der Waals surface area contributed by atoms with Crippen LogP contribution in [-0.4, -0.2) is 60.4 Å². The van der Waals surface area contributed by atoms with E-state index >= 15 is 0 Å². The predicted octanol–water partition coefficient (Wildman–Crippen LogP) is 5.69. The van der Waals surface area contributed by atoms with Crippen molar-refractivity contribution in [3.05, 3.63) is 65.3 Å². The quantitative estimate of drug-likeness (QED) is 0.157. The summed E-state index contributed by atoms with van der Waals surface area (Å²) in [6.07, 6.45) is -0.466. The maximum Gasteiger partial charge on any atom is 0.331 e. The van der Waals surface area contributed by atoms with Gasteiger partial charge in [-0.05, 0) is 60.0 Å². The van der Waals surface area contributed by atoms with Crippen LogP contribution < -0.4 is 0 Å². The summed E-state index contributed by atoms with van der Waals surface area (Å²) in [5, 5.41) is 0. The van der Waals surface area contributed by atoms with Gasteiger partial charge in [0.25, 0.3) is 0 Å². The zero-order chi connectivity index (χ0) is 34.8. The van der Waals surface area contributed by atoms with E-state index in [1.165, 1.54) is 33.8 Å². The summed E-state index contributed by atoms with van der Waals surface area (Å²) in [5.74, 6) is -3.99. The first-order chi connectivity index (χ1) is 22.0. The largest absolute Gasteiger partial charge is 0.462 e. The summed E-state index contributed by atoms with van der Waals surface area (Å²) < 4.78 is 30.2. The second kappa shape index (κ2) is 13.9. The number of esters is 5. The first-order valence-electron chi connectivity index (χ1n) is 16.0. The number of hydrogen-bond acceptors (Lipinski definition) is 10. The number of fused-ring (bicyclic) bond motifs is 3. The van der Waals surface area contributed by atoms with Crippen molar-refractivity contribution < 1.29 is 47.7 Å². The van der Waals surface area contributed by atoms with E-state index in [-0.39, 0.29) is 6.42 Å². The van der Waals surface area contributed by atoms with Gasteiger partial charge in [0.05, 0.1) is 0 Å². The summed E-state index contributed by atoms with van der Waals surface area (Å²) in [7, 11) is 0. The van der Waals surface area contributed by atoms with Crippen molar-refractivity contribution in [1.82, 2.24) is 0 Å². The van der Waals surface area contributed by atoms with Crippen LogP contribution in [0.3, 0.4) is 0 Å². The third kappa shape index (κ3) is 7.36. The van der Waals surface area contributed by atoms with Gasteiger partial charge in [-0.25, -0.2) is 4.79 Å². The van der Waals surface area contributed by atoms with Gasteiger partial charge in [0, 0.05) is 51.0 Å². The molecule has 47 heavy (non-hydrogen) atoms. The molecule has 2 bridgehead atoms. The van der Waals surface area contributed by atoms with Gasteiger partial charge in [-0.3, -0.25) is 19.2 Å². The molecule has 0 N–H and O–H groups in total. The lowest BCUT2D eigenvalue weighted by Gasteiger charge is -2.60. The fourth-order valence-electron chi connectivity index (χ4n) is 8.16. The summed E-state index contributed by atoms with van der Waals surface area (Å²) in [6, 6.07) is 9.32. The van der Waals surface area contributed by atoms with Gasteiger partial charge >= 0.3 is 29.8 Å². The molecule has 4 rings (SSSR count). The van der Waals surface area contributed by atoms with E-state index in [1.54, 1.807) is 6.08 Å². The molecule has 2 saturated carbocycles. The molecule has 2 fully saturated rings. The van der Waals surface area contributed by atoms with Crippen LogP contribution in [-0.2, 0) is 47.7 Å². The minimum atomic E-state index is -1.07. The SMILES string of the molecule is C=C1[C@@H](OC(C)=O)CC[C@@]2(C)[C@@H](OC(C)=O)[C@H](OC(C)=O)C3=C(C)[C@@H](OC(=O)/C=C/c4ccccc4)C[C@@H]([C@@H](OC(C)=O)[C@H]12)C3(C)C. The highest BCUT2D eigenvalue weighted by Crippen LogP contribution is 2.61. The standard InChI is InChI=1S/C37H46O10/c1-20-28(43-22(3)38)17-18-37(9)32(20)33(44-23(4)39)27-19-29(47-30(42)16-15-26-13-11-10-12-14-26)21(2)31(36(27,7)8)34(45-24(5)40)35(37)46-25(6)41/h10-16,27-29,32-35H,1,17-19H2,2-9H3/b16-15+/t27-,28-,29-,32-,33+,34+,35-,37+/m0/s1. The maximum atomic E-state index is 13.2. The average Bonchev–Trinajstić information content (AvgIpc) is 2.96. The Balaban J connectivity index is 1.95. The molecule has 8 atom stereocenters. The van der Waals surface area contributed by atoms with Crippen LogP contribution in [0, 0.1) is 22.7 Å². The van der Waals surface area contributed by atoms with Crippen LogP contribution in [0.1, 0.15) is 80.2 Å². The molecule has 254 valence electrons. The second-order valence-corrected chi connectivity index (χ2v) is 13.7. The molecule has 0 amide bonds. The Hall–Kier alpha value is -4.21. The molecular formula is C37H46O10. The van der Waals surface area contributed by atoms with Crippen LogP contribution in [0.15, 0.2) is 59.7 Å². The number of carbonyl (C=O) groups excluding carboxylic acids is 5. The lowest BCUT2D eigenvalue weighted by molar-refractivity contribution is -0.205. The zero-order valence-electron chi connectivity index (χ0n) is 28.5. The fourth-order valence-corrected chi connectivity index (χ4v) is 8.16. The topological polar surface area (TPSA) is 132 Å². The van der Waals surface area contributed by atoms with Gasteiger partial charge in [-0.15, -0.1) is 0 Å². The zero-order valence-corrected chi connectivity index (χ0v) is 28.5. The predicted molar refractivity (Wildman–Crippen MR) is 172 cm³/mol. The summed E-state index contributed by atoms with van der Waals surface area (Å²) in [4.78, 5) is 63.8. The van der Waals surface area contributed by atoms with E-state index in [0.29, 0.717) is 29.6 Å². The first-order valence-corrected chi connectivity index (χ1v) is 16.0. The van der Waals surface area contributed by atoms with Crippen molar-refractivity contribution in [2.75, 3.05) is 0 Å². The molecule has 1 aromatic carbocycles. The molecule has 0 spiro atoms. The molecule has 0 radical (unpaired) electrons. The van der Waals surface area contributed by atoms with Crippen molar-refractivity contribution in [2.24, 2.45) is 22.7 Å². The van der Waals surface area contributed by atoms with Crippen LogP contribution in [0.25, 0.3) is 6.08 Å². The van der Waals surface area contributed by atoms with Gasteiger partial charge in [-0.1, -0.05) is 57.7 Å². The van der Waals surface area contributed by atoms with Gasteiger partial charge in [0.2, 0.25) is 0 Å². The molecule has 10 nitrogen and oxygen atoms in total. The number of rotatable bonds is 7. The van der Waals surface area contributed by atoms with Gasteiger partial charge in [0.1, 0.15) is 24.4 Å². The van der Waals surface area contributed by atoms with E-state index in [0.717, 1.165) is 5.56 Å². The van der Waals surface area contributed by atoms with Crippen LogP contribution in [0.4, 0.5) is 0 Å². The Morgan fingerprint density at radius 2 is 1.40 bits per heavy atom. The third-order valence-electron chi connectivity index (χ3n) is 10.1. The molecular weight excluding hydrogens is 604 g/mol. The second-order valence-electron chi connectivity index (χ2n) is 13.7. The number of hydrogen-bond donors (Lipinski definition) is 0. The minimum Gasteiger partial charge on any atom is -0.462 e. The van der Waals surface area contributed by atoms with Gasteiger partial charge in [-0.2, -0.15) is 0 Å².